The van der Waals surface area contributed by atoms with E-state index in [4.69, 9.17) is 13.9 Å². The van der Waals surface area contributed by atoms with Gasteiger partial charge >= 0.3 is 6.09 Å². The molecule has 0 radical (unpaired) electrons. The van der Waals surface area contributed by atoms with E-state index in [0.717, 1.165) is 17.0 Å². The predicted molar refractivity (Wildman–Crippen MR) is 135 cm³/mol. The molecule has 4 heterocycles. The van der Waals surface area contributed by atoms with E-state index < -0.39 is 5.60 Å². The summed E-state index contributed by atoms with van der Waals surface area (Å²) < 4.78 is 18.6. The number of H-pyrrole nitrogens is 1. The van der Waals surface area contributed by atoms with Crippen molar-refractivity contribution >= 4 is 11.7 Å². The summed E-state index contributed by atoms with van der Waals surface area (Å²) in [4.78, 5) is 29.6. The zero-order valence-corrected chi connectivity index (χ0v) is 21.4. The van der Waals surface area contributed by atoms with Gasteiger partial charge in [0.15, 0.2) is 0 Å². The summed E-state index contributed by atoms with van der Waals surface area (Å²) in [6.07, 6.45) is 3.09. The van der Waals surface area contributed by atoms with E-state index >= 15 is 0 Å². The SMILES string of the molecule is COc1ccccc1Cc1nnc(-c2cnn3c(C4CCN(C(=O)OC(C)(C)C)CC4)cc(=O)[nH]c23)o1. The molecule has 0 atom stereocenters. The fourth-order valence-electron chi connectivity index (χ4n) is 4.59. The number of ether oxygens (including phenoxy) is 2. The normalized spacial score (nSPS) is 14.8. The summed E-state index contributed by atoms with van der Waals surface area (Å²) in [7, 11) is 1.62. The number of rotatable bonds is 5. The van der Waals surface area contributed by atoms with Crippen LogP contribution in [0.2, 0.25) is 0 Å². The topological polar surface area (TPSA) is 128 Å². The number of hydrogen-bond donors (Lipinski definition) is 1. The summed E-state index contributed by atoms with van der Waals surface area (Å²) in [6, 6.07) is 9.21. The van der Waals surface area contributed by atoms with Crippen LogP contribution in [0.25, 0.3) is 17.1 Å². The van der Waals surface area contributed by atoms with Gasteiger partial charge in [-0.3, -0.25) is 4.79 Å². The van der Waals surface area contributed by atoms with Gasteiger partial charge in [-0.1, -0.05) is 18.2 Å². The van der Waals surface area contributed by atoms with Gasteiger partial charge in [-0.05, 0) is 39.7 Å². The first-order chi connectivity index (χ1) is 17.7. The minimum atomic E-state index is -0.542. The van der Waals surface area contributed by atoms with Crippen LogP contribution in [-0.2, 0) is 11.2 Å². The Morgan fingerprint density at radius 2 is 1.95 bits per heavy atom. The van der Waals surface area contributed by atoms with E-state index in [2.05, 4.69) is 20.3 Å². The molecule has 1 aromatic carbocycles. The number of benzene rings is 1. The van der Waals surface area contributed by atoms with Crippen molar-refractivity contribution < 1.29 is 18.7 Å². The summed E-state index contributed by atoms with van der Waals surface area (Å²) in [5.41, 5.74) is 1.96. The first kappa shape index (κ1) is 24.5. The van der Waals surface area contributed by atoms with E-state index in [1.165, 1.54) is 0 Å². The molecule has 11 nitrogen and oxygen atoms in total. The molecular formula is C26H30N6O5. The van der Waals surface area contributed by atoms with Crippen LogP contribution < -0.4 is 10.3 Å². The smallest absolute Gasteiger partial charge is 0.410 e. The fraction of sp³-hybridized carbons (Fsp3) is 0.423. The highest BCUT2D eigenvalue weighted by atomic mass is 16.6. The van der Waals surface area contributed by atoms with Crippen molar-refractivity contribution in [1.29, 1.82) is 0 Å². The lowest BCUT2D eigenvalue weighted by atomic mass is 9.93. The van der Waals surface area contributed by atoms with Crippen molar-refractivity contribution in [1.82, 2.24) is 29.7 Å². The second-order valence-electron chi connectivity index (χ2n) is 10.1. The summed E-state index contributed by atoms with van der Waals surface area (Å²) in [6.45, 7) is 6.64. The van der Waals surface area contributed by atoms with E-state index in [1.807, 2.05) is 45.0 Å². The fourth-order valence-corrected chi connectivity index (χ4v) is 4.59. The predicted octanol–water partition coefficient (Wildman–Crippen LogP) is 3.79. The first-order valence-corrected chi connectivity index (χ1v) is 12.3. The highest BCUT2D eigenvalue weighted by molar-refractivity contribution is 5.71. The van der Waals surface area contributed by atoms with Crippen molar-refractivity contribution in [2.45, 2.75) is 51.6 Å². The summed E-state index contributed by atoms with van der Waals surface area (Å²) >= 11 is 0. The molecule has 0 saturated carbocycles. The van der Waals surface area contributed by atoms with E-state index in [-0.39, 0.29) is 23.5 Å². The quantitative estimate of drug-likeness (QED) is 0.433. The molecule has 1 aliphatic rings. The Bertz CT molecular complexity index is 1470. The first-order valence-electron chi connectivity index (χ1n) is 12.3. The highest BCUT2D eigenvalue weighted by Crippen LogP contribution is 2.31. The maximum atomic E-state index is 12.6. The molecule has 5 rings (SSSR count). The Balaban J connectivity index is 1.37. The van der Waals surface area contributed by atoms with Crippen LogP contribution in [0.4, 0.5) is 4.79 Å². The monoisotopic (exact) mass is 506 g/mol. The van der Waals surface area contributed by atoms with Gasteiger partial charge in [-0.25, -0.2) is 9.31 Å². The molecule has 0 aliphatic carbocycles. The second kappa shape index (κ2) is 9.72. The Hall–Kier alpha value is -4.15. The lowest BCUT2D eigenvalue weighted by Crippen LogP contribution is -2.41. The number of aromatic amines is 1. The number of aromatic nitrogens is 5. The number of hydrogen-bond acceptors (Lipinski definition) is 8. The van der Waals surface area contributed by atoms with Crippen molar-refractivity contribution in [3.05, 3.63) is 64.0 Å². The minimum absolute atomic E-state index is 0.0556. The largest absolute Gasteiger partial charge is 0.496 e. The minimum Gasteiger partial charge on any atom is -0.496 e. The third kappa shape index (κ3) is 5.20. The lowest BCUT2D eigenvalue weighted by Gasteiger charge is -2.33. The van der Waals surface area contributed by atoms with Gasteiger partial charge in [0.05, 0.1) is 25.4 Å². The van der Waals surface area contributed by atoms with Crippen LogP contribution in [0.15, 0.2) is 45.7 Å². The third-order valence-electron chi connectivity index (χ3n) is 6.33. The third-order valence-corrected chi connectivity index (χ3v) is 6.33. The Labute approximate surface area is 213 Å². The van der Waals surface area contributed by atoms with Crippen LogP contribution in [-0.4, -0.2) is 61.6 Å². The van der Waals surface area contributed by atoms with Crippen molar-refractivity contribution in [2.75, 3.05) is 20.2 Å². The number of nitrogens with zero attached hydrogens (tertiary/aromatic N) is 5. The number of nitrogens with one attached hydrogen (secondary N) is 1. The number of para-hydroxylation sites is 1. The molecule has 4 aromatic rings. The molecular weight excluding hydrogens is 476 g/mol. The molecule has 1 saturated heterocycles. The Morgan fingerprint density at radius 1 is 1.19 bits per heavy atom. The number of likely N-dealkylation sites (tertiary alicyclic amines) is 1. The maximum absolute atomic E-state index is 12.6. The summed E-state index contributed by atoms with van der Waals surface area (Å²) in [5, 5.41) is 12.9. The molecule has 37 heavy (non-hydrogen) atoms. The molecule has 11 heteroatoms. The van der Waals surface area contributed by atoms with Gasteiger partial charge in [0.1, 0.15) is 22.6 Å². The van der Waals surface area contributed by atoms with Gasteiger partial charge in [-0.15, -0.1) is 10.2 Å². The van der Waals surface area contributed by atoms with Crippen LogP contribution >= 0.6 is 0 Å². The van der Waals surface area contributed by atoms with Crippen LogP contribution in [0.1, 0.15) is 56.7 Å². The molecule has 1 N–H and O–H groups in total. The zero-order valence-electron chi connectivity index (χ0n) is 21.4. The van der Waals surface area contributed by atoms with Crippen LogP contribution in [0, 0.1) is 0 Å². The van der Waals surface area contributed by atoms with E-state index in [9.17, 15) is 9.59 Å². The number of carbonyl (C=O) groups excluding carboxylic acids is 1. The molecule has 0 bridgehead atoms. The second-order valence-corrected chi connectivity index (χ2v) is 10.1. The van der Waals surface area contributed by atoms with Crippen molar-refractivity contribution in [2.24, 2.45) is 0 Å². The molecule has 3 aromatic heterocycles. The van der Waals surface area contributed by atoms with Gasteiger partial charge in [0.25, 0.3) is 11.4 Å². The van der Waals surface area contributed by atoms with Crippen molar-refractivity contribution in [3.8, 4) is 17.2 Å². The van der Waals surface area contributed by atoms with E-state index in [0.29, 0.717) is 49.5 Å². The molecule has 1 aliphatic heterocycles. The van der Waals surface area contributed by atoms with Gasteiger partial charge in [0.2, 0.25) is 5.89 Å². The van der Waals surface area contributed by atoms with Gasteiger partial charge < -0.3 is 23.8 Å². The number of fused-ring (bicyclic) bond motifs is 1. The molecule has 0 spiro atoms. The lowest BCUT2D eigenvalue weighted by molar-refractivity contribution is 0.0203. The maximum Gasteiger partial charge on any atom is 0.410 e. The standard InChI is InChI=1S/C26H30N6O5/c1-26(2,3)37-25(34)31-11-9-16(10-12-31)19-14-21(33)28-23-18(15-27-32(19)23)24-30-29-22(36-24)13-17-7-5-6-8-20(17)35-4/h5-8,14-16H,9-13H2,1-4H3,(H,28,33). The van der Waals surface area contributed by atoms with E-state index in [1.54, 1.807) is 28.8 Å². The van der Waals surface area contributed by atoms with Gasteiger partial charge in [0, 0.05) is 30.6 Å². The highest BCUT2D eigenvalue weighted by Gasteiger charge is 2.29. The molecule has 1 fully saturated rings. The van der Waals surface area contributed by atoms with Crippen LogP contribution in [0.5, 0.6) is 5.75 Å². The average Bonchev–Trinajstić information content (AvgIpc) is 3.49. The molecule has 0 unspecified atom stereocenters. The Morgan fingerprint density at radius 3 is 2.68 bits per heavy atom. The number of methoxy groups -OCH3 is 1. The number of amides is 1. The zero-order chi connectivity index (χ0) is 26.2. The summed E-state index contributed by atoms with van der Waals surface area (Å²) in [5.74, 6) is 1.49. The number of piperidine rings is 1. The Kier molecular flexibility index (Phi) is 6.45. The molecule has 1 amide bonds. The average molecular weight is 507 g/mol. The van der Waals surface area contributed by atoms with Crippen LogP contribution in [0.3, 0.4) is 0 Å². The number of carbonyl (C=O) groups is 1. The van der Waals surface area contributed by atoms with Crippen molar-refractivity contribution in [3.63, 3.8) is 0 Å². The van der Waals surface area contributed by atoms with Gasteiger partial charge in [-0.2, -0.15) is 5.10 Å². The molecule has 194 valence electrons.